The second kappa shape index (κ2) is 10.7. The van der Waals surface area contributed by atoms with Crippen molar-refractivity contribution < 1.29 is 4.74 Å². The molecule has 0 radical (unpaired) electrons. The molecule has 1 nitrogen and oxygen atoms in total. The second-order valence-corrected chi connectivity index (χ2v) is 6.51. The fourth-order valence-corrected chi connectivity index (χ4v) is 3.08. The van der Waals surface area contributed by atoms with E-state index < -0.39 is 0 Å². The van der Waals surface area contributed by atoms with Crippen LogP contribution in [-0.2, 0) is 4.74 Å². The van der Waals surface area contributed by atoms with Gasteiger partial charge in [0.2, 0.25) is 0 Å². The van der Waals surface area contributed by atoms with Crippen LogP contribution in [0.25, 0.3) is 0 Å². The molecule has 1 fully saturated rings. The van der Waals surface area contributed by atoms with Crippen LogP contribution in [0.5, 0.6) is 0 Å². The third kappa shape index (κ3) is 8.68. The van der Waals surface area contributed by atoms with Crippen molar-refractivity contribution in [1.82, 2.24) is 0 Å². The molecule has 1 atom stereocenters. The van der Waals surface area contributed by atoms with E-state index in [1.807, 2.05) is 0 Å². The number of hydrogen-bond donors (Lipinski definition) is 0. The molecule has 0 amide bonds. The topological polar surface area (TPSA) is 12.5 Å². The average molecular weight is 268 g/mol. The zero-order valence-electron chi connectivity index (χ0n) is 13.5. The van der Waals surface area contributed by atoms with Gasteiger partial charge in [-0.05, 0) is 12.8 Å². The van der Waals surface area contributed by atoms with Crippen LogP contribution < -0.4 is 0 Å². The highest BCUT2D eigenvalue weighted by atomic mass is 16.6. The van der Waals surface area contributed by atoms with Crippen molar-refractivity contribution in [2.45, 2.75) is 109 Å². The van der Waals surface area contributed by atoms with Crippen LogP contribution in [0.1, 0.15) is 104 Å². The van der Waals surface area contributed by atoms with Crippen LogP contribution in [0.4, 0.5) is 0 Å². The van der Waals surface area contributed by atoms with Crippen molar-refractivity contribution in [3.05, 3.63) is 0 Å². The minimum atomic E-state index is 0.341. The van der Waals surface area contributed by atoms with Crippen LogP contribution >= 0.6 is 0 Å². The van der Waals surface area contributed by atoms with Gasteiger partial charge in [-0.25, -0.2) is 0 Å². The smallest absolute Gasteiger partial charge is 0.0916 e. The Balaban J connectivity index is 1.74. The van der Waals surface area contributed by atoms with Crippen molar-refractivity contribution in [3.8, 4) is 0 Å². The van der Waals surface area contributed by atoms with E-state index in [2.05, 4.69) is 13.8 Å². The molecular formula is C18H36O. The first kappa shape index (κ1) is 17.0. The highest BCUT2D eigenvalue weighted by Gasteiger charge is 2.42. The molecule has 0 aliphatic carbocycles. The molecule has 1 aliphatic rings. The first-order chi connectivity index (χ1) is 9.33. The maximum Gasteiger partial charge on any atom is 0.0916 e. The van der Waals surface area contributed by atoms with Crippen molar-refractivity contribution in [3.63, 3.8) is 0 Å². The Kier molecular flexibility index (Phi) is 9.59. The fraction of sp³-hybridized carbons (Fsp3) is 1.00. The Morgan fingerprint density at radius 1 is 0.632 bits per heavy atom. The molecule has 1 unspecified atom stereocenters. The lowest BCUT2D eigenvalue weighted by molar-refractivity contribution is 0.265. The molecule has 0 bridgehead atoms. The highest BCUT2D eigenvalue weighted by Crippen LogP contribution is 2.37. The minimum absolute atomic E-state index is 0.341. The molecule has 0 spiro atoms. The Morgan fingerprint density at radius 2 is 1.11 bits per heavy atom. The van der Waals surface area contributed by atoms with Crippen molar-refractivity contribution in [2.75, 3.05) is 6.61 Å². The Bertz CT molecular complexity index is 196. The van der Waals surface area contributed by atoms with Gasteiger partial charge in [0.25, 0.3) is 0 Å². The summed E-state index contributed by atoms with van der Waals surface area (Å²) in [5.41, 5.74) is 0.341. The summed E-state index contributed by atoms with van der Waals surface area (Å²) in [6, 6.07) is 0. The van der Waals surface area contributed by atoms with E-state index in [0.29, 0.717) is 5.60 Å². The summed E-state index contributed by atoms with van der Waals surface area (Å²) in [4.78, 5) is 0. The number of epoxide rings is 1. The SMILES string of the molecule is CCCCCCCCCCCCCC1(CCC)CO1. The molecule has 0 aromatic heterocycles. The molecule has 114 valence electrons. The van der Waals surface area contributed by atoms with E-state index in [-0.39, 0.29) is 0 Å². The molecule has 1 rings (SSSR count). The zero-order chi connectivity index (χ0) is 13.8. The van der Waals surface area contributed by atoms with Crippen LogP contribution in [0.3, 0.4) is 0 Å². The van der Waals surface area contributed by atoms with Gasteiger partial charge < -0.3 is 4.74 Å². The summed E-state index contributed by atoms with van der Waals surface area (Å²) in [6.45, 7) is 5.60. The summed E-state index contributed by atoms with van der Waals surface area (Å²) in [6.07, 6.45) is 19.7. The van der Waals surface area contributed by atoms with E-state index in [0.717, 1.165) is 6.61 Å². The Morgan fingerprint density at radius 3 is 1.53 bits per heavy atom. The summed E-state index contributed by atoms with van der Waals surface area (Å²) >= 11 is 0. The quantitative estimate of drug-likeness (QED) is 0.268. The van der Waals surface area contributed by atoms with Gasteiger partial charge in [0.1, 0.15) is 0 Å². The van der Waals surface area contributed by atoms with Crippen molar-refractivity contribution in [1.29, 1.82) is 0 Å². The van der Waals surface area contributed by atoms with Crippen molar-refractivity contribution >= 4 is 0 Å². The van der Waals surface area contributed by atoms with Crippen molar-refractivity contribution in [2.24, 2.45) is 0 Å². The van der Waals surface area contributed by atoms with Crippen LogP contribution in [0.2, 0.25) is 0 Å². The Hall–Kier alpha value is -0.0400. The molecule has 1 saturated heterocycles. The lowest BCUT2D eigenvalue weighted by Gasteiger charge is -2.09. The predicted octanol–water partition coefficient (Wildman–Crippen LogP) is 6.26. The van der Waals surface area contributed by atoms with E-state index >= 15 is 0 Å². The first-order valence-electron chi connectivity index (χ1n) is 8.97. The van der Waals surface area contributed by atoms with Gasteiger partial charge in [0.05, 0.1) is 12.2 Å². The third-order valence-electron chi connectivity index (χ3n) is 4.49. The first-order valence-corrected chi connectivity index (χ1v) is 8.97. The van der Waals surface area contributed by atoms with Gasteiger partial charge in [-0.15, -0.1) is 0 Å². The third-order valence-corrected chi connectivity index (χ3v) is 4.49. The van der Waals surface area contributed by atoms with E-state index in [4.69, 9.17) is 4.74 Å². The van der Waals surface area contributed by atoms with E-state index in [1.165, 1.54) is 89.9 Å². The fourth-order valence-electron chi connectivity index (χ4n) is 3.08. The maximum absolute atomic E-state index is 5.63. The lowest BCUT2D eigenvalue weighted by atomic mass is 9.96. The van der Waals surface area contributed by atoms with Crippen LogP contribution in [-0.4, -0.2) is 12.2 Å². The Labute approximate surface area is 121 Å². The molecular weight excluding hydrogens is 232 g/mol. The van der Waals surface area contributed by atoms with Crippen LogP contribution in [0.15, 0.2) is 0 Å². The van der Waals surface area contributed by atoms with Gasteiger partial charge in [0, 0.05) is 0 Å². The molecule has 1 heteroatoms. The summed E-state index contributed by atoms with van der Waals surface area (Å²) in [5, 5.41) is 0. The summed E-state index contributed by atoms with van der Waals surface area (Å²) in [5.74, 6) is 0. The minimum Gasteiger partial charge on any atom is -0.370 e. The van der Waals surface area contributed by atoms with Gasteiger partial charge in [-0.1, -0.05) is 90.9 Å². The van der Waals surface area contributed by atoms with Gasteiger partial charge in [-0.3, -0.25) is 0 Å². The van der Waals surface area contributed by atoms with E-state index in [9.17, 15) is 0 Å². The molecule has 0 saturated carbocycles. The standard InChI is InChI=1S/C18H36O/c1-3-5-6-7-8-9-10-11-12-13-14-16-18(15-4-2)17-19-18/h3-17H2,1-2H3. The zero-order valence-corrected chi connectivity index (χ0v) is 13.5. The molecule has 1 aliphatic heterocycles. The largest absolute Gasteiger partial charge is 0.370 e. The average Bonchev–Trinajstić information content (AvgIpc) is 3.16. The molecule has 19 heavy (non-hydrogen) atoms. The number of hydrogen-bond acceptors (Lipinski definition) is 1. The molecule has 1 heterocycles. The van der Waals surface area contributed by atoms with Gasteiger partial charge in [-0.2, -0.15) is 0 Å². The van der Waals surface area contributed by atoms with Crippen LogP contribution in [0, 0.1) is 0 Å². The molecule has 0 aromatic rings. The maximum atomic E-state index is 5.63. The number of rotatable bonds is 14. The number of ether oxygens (including phenoxy) is 1. The molecule has 0 N–H and O–H groups in total. The summed E-state index contributed by atoms with van der Waals surface area (Å²) in [7, 11) is 0. The van der Waals surface area contributed by atoms with Gasteiger partial charge >= 0.3 is 0 Å². The summed E-state index contributed by atoms with van der Waals surface area (Å²) < 4.78 is 5.63. The highest BCUT2D eigenvalue weighted by molar-refractivity contribution is 4.91. The monoisotopic (exact) mass is 268 g/mol. The lowest BCUT2D eigenvalue weighted by Crippen LogP contribution is -2.09. The van der Waals surface area contributed by atoms with E-state index in [1.54, 1.807) is 0 Å². The number of unbranched alkanes of at least 4 members (excludes halogenated alkanes) is 10. The van der Waals surface area contributed by atoms with Gasteiger partial charge in [0.15, 0.2) is 0 Å². The normalized spacial score (nSPS) is 21.8. The second-order valence-electron chi connectivity index (χ2n) is 6.51. The predicted molar refractivity (Wildman–Crippen MR) is 84.7 cm³/mol. The molecule has 0 aromatic carbocycles.